The zero-order chi connectivity index (χ0) is 23.9. The lowest BCUT2D eigenvalue weighted by molar-refractivity contribution is -0.138. The van der Waals surface area contributed by atoms with E-state index in [2.05, 4.69) is 17.0 Å². The van der Waals surface area contributed by atoms with Crippen LogP contribution in [0.3, 0.4) is 0 Å². The number of hydrogen-bond donors (Lipinski definition) is 2. The molecule has 1 fully saturated rings. The Bertz CT molecular complexity index is 935. The van der Waals surface area contributed by atoms with Gasteiger partial charge in [-0.25, -0.2) is 18.0 Å². The minimum atomic E-state index is -4.04. The predicted octanol–water partition coefficient (Wildman–Crippen LogP) is 2.28. The Morgan fingerprint density at radius 3 is 2.38 bits per heavy atom. The van der Waals surface area contributed by atoms with Crippen molar-refractivity contribution >= 4 is 27.6 Å². The first-order chi connectivity index (χ1) is 15.1. The summed E-state index contributed by atoms with van der Waals surface area (Å²) in [5, 5.41) is 12.7. The average Bonchev–Trinajstić information content (AvgIpc) is 2.77. The van der Waals surface area contributed by atoms with E-state index in [1.807, 2.05) is 0 Å². The van der Waals surface area contributed by atoms with Gasteiger partial charge in [-0.05, 0) is 50.7 Å². The Morgan fingerprint density at radius 2 is 1.81 bits per heavy atom. The van der Waals surface area contributed by atoms with Crippen molar-refractivity contribution in [3.05, 3.63) is 36.0 Å². The molecule has 0 spiro atoms. The van der Waals surface area contributed by atoms with E-state index >= 15 is 0 Å². The molecule has 9 nitrogen and oxygen atoms in total. The van der Waals surface area contributed by atoms with Crippen LogP contribution in [0, 0.1) is 5.92 Å². The maximum absolute atomic E-state index is 13.7. The summed E-state index contributed by atoms with van der Waals surface area (Å²) in [7, 11) is -1.74. The van der Waals surface area contributed by atoms with Gasteiger partial charge in [0, 0.05) is 12.6 Å². The molecule has 2 rings (SSSR count). The Hall–Kier alpha value is -2.43. The van der Waals surface area contributed by atoms with Crippen LogP contribution in [-0.4, -0.2) is 62.7 Å². The van der Waals surface area contributed by atoms with Crippen molar-refractivity contribution < 1.29 is 32.6 Å². The van der Waals surface area contributed by atoms with Crippen LogP contribution in [-0.2, 0) is 29.1 Å². The number of aliphatic hydroxyl groups excluding tert-OH is 1. The quantitative estimate of drug-likeness (QED) is 0.418. The highest BCUT2D eigenvalue weighted by Gasteiger charge is 2.35. The van der Waals surface area contributed by atoms with Crippen LogP contribution in [0.15, 0.2) is 40.9 Å². The van der Waals surface area contributed by atoms with Gasteiger partial charge in [0.15, 0.2) is 0 Å². The van der Waals surface area contributed by atoms with Crippen molar-refractivity contribution in [1.82, 2.24) is 4.31 Å². The average molecular weight is 469 g/mol. The van der Waals surface area contributed by atoms with Crippen molar-refractivity contribution in [2.24, 2.45) is 5.92 Å². The molecule has 1 aliphatic rings. The standard InChI is InChI=1S/C22H32N2O7S/c1-15-9-11-17(12-10-15)24(14-16(2)25)32(28,29)20-8-6-5-7-18(20)23-19(22(27)31-4)13-21(26)30-3/h5-8,13,15-17,23,25H,9-12,14H2,1-4H3/b19-13+. The molecule has 1 saturated carbocycles. The van der Waals surface area contributed by atoms with Gasteiger partial charge in [-0.2, -0.15) is 4.31 Å². The zero-order valence-electron chi connectivity index (χ0n) is 18.9. The van der Waals surface area contributed by atoms with E-state index in [-0.39, 0.29) is 28.9 Å². The Morgan fingerprint density at radius 1 is 1.19 bits per heavy atom. The van der Waals surface area contributed by atoms with Gasteiger partial charge in [-0.15, -0.1) is 0 Å². The van der Waals surface area contributed by atoms with Crippen molar-refractivity contribution in [2.45, 2.75) is 56.6 Å². The van der Waals surface area contributed by atoms with E-state index in [0.29, 0.717) is 18.8 Å². The highest BCUT2D eigenvalue weighted by atomic mass is 32.2. The SMILES string of the molecule is COC(=O)/C=C(/Nc1ccccc1S(=O)(=O)N(CC(C)O)C1CCC(C)CC1)C(=O)OC. The molecule has 1 unspecified atom stereocenters. The summed E-state index contributed by atoms with van der Waals surface area (Å²) in [6.45, 7) is 3.65. The summed E-state index contributed by atoms with van der Waals surface area (Å²) < 4.78 is 38.0. The van der Waals surface area contributed by atoms with Gasteiger partial charge in [0.2, 0.25) is 10.0 Å². The minimum Gasteiger partial charge on any atom is -0.466 e. The highest BCUT2D eigenvalue weighted by Crippen LogP contribution is 2.33. The van der Waals surface area contributed by atoms with E-state index < -0.39 is 28.1 Å². The highest BCUT2D eigenvalue weighted by molar-refractivity contribution is 7.89. The molecule has 1 aliphatic carbocycles. The van der Waals surface area contributed by atoms with Gasteiger partial charge in [0.05, 0.1) is 32.1 Å². The lowest BCUT2D eigenvalue weighted by atomic mass is 9.87. The molecule has 0 aliphatic heterocycles. The van der Waals surface area contributed by atoms with E-state index in [9.17, 15) is 23.1 Å². The molecule has 0 saturated heterocycles. The van der Waals surface area contributed by atoms with Crippen molar-refractivity contribution in [2.75, 3.05) is 26.1 Å². The normalized spacial score (nSPS) is 20.5. The molecular formula is C22H32N2O7S. The fourth-order valence-electron chi connectivity index (χ4n) is 3.73. The molecule has 178 valence electrons. The monoisotopic (exact) mass is 468 g/mol. The summed E-state index contributed by atoms with van der Waals surface area (Å²) in [6, 6.07) is 5.86. The van der Waals surface area contributed by atoms with Crippen LogP contribution in [0.4, 0.5) is 5.69 Å². The Labute approximate surface area is 189 Å². The van der Waals surface area contributed by atoms with E-state index in [0.717, 1.165) is 33.1 Å². The third-order valence-electron chi connectivity index (χ3n) is 5.45. The number of sulfonamides is 1. The molecule has 1 aromatic carbocycles. The largest absolute Gasteiger partial charge is 0.466 e. The summed E-state index contributed by atoms with van der Waals surface area (Å²) in [5.41, 5.74) is -0.164. The van der Waals surface area contributed by atoms with Crippen molar-refractivity contribution in [3.63, 3.8) is 0 Å². The van der Waals surface area contributed by atoms with Crippen LogP contribution in [0.5, 0.6) is 0 Å². The minimum absolute atomic E-state index is 0.0441. The van der Waals surface area contributed by atoms with Gasteiger partial charge in [-0.1, -0.05) is 19.1 Å². The number of nitrogens with one attached hydrogen (secondary N) is 1. The first kappa shape index (κ1) is 25.8. The number of methoxy groups -OCH3 is 2. The molecule has 0 amide bonds. The fourth-order valence-corrected chi connectivity index (χ4v) is 5.65. The second kappa shape index (κ2) is 11.4. The number of aliphatic hydroxyl groups is 1. The lowest BCUT2D eigenvalue weighted by Gasteiger charge is -2.36. The molecule has 0 heterocycles. The number of nitrogens with zero attached hydrogens (tertiary/aromatic N) is 1. The molecule has 1 aromatic rings. The van der Waals surface area contributed by atoms with Crippen molar-refractivity contribution in [3.8, 4) is 0 Å². The van der Waals surface area contributed by atoms with Crippen LogP contribution in [0.1, 0.15) is 39.5 Å². The summed E-state index contributed by atoms with van der Waals surface area (Å²) in [4.78, 5) is 23.7. The number of rotatable bonds is 9. The maximum atomic E-state index is 13.7. The summed E-state index contributed by atoms with van der Waals surface area (Å²) >= 11 is 0. The molecule has 32 heavy (non-hydrogen) atoms. The molecule has 2 N–H and O–H groups in total. The molecule has 1 atom stereocenters. The van der Waals surface area contributed by atoms with Gasteiger partial charge >= 0.3 is 11.9 Å². The smallest absolute Gasteiger partial charge is 0.354 e. The number of esters is 2. The lowest BCUT2D eigenvalue weighted by Crippen LogP contribution is -2.45. The summed E-state index contributed by atoms with van der Waals surface area (Å²) in [6.07, 6.45) is 3.27. The van der Waals surface area contributed by atoms with E-state index in [1.54, 1.807) is 19.1 Å². The number of benzene rings is 1. The molecule has 0 radical (unpaired) electrons. The second-order valence-corrected chi connectivity index (χ2v) is 9.89. The van der Waals surface area contributed by atoms with Crippen LogP contribution in [0.2, 0.25) is 0 Å². The van der Waals surface area contributed by atoms with Crippen molar-refractivity contribution in [1.29, 1.82) is 0 Å². The second-order valence-electron chi connectivity index (χ2n) is 8.03. The van der Waals surface area contributed by atoms with Gasteiger partial charge in [0.1, 0.15) is 10.6 Å². The maximum Gasteiger partial charge on any atom is 0.354 e. The number of hydrogen-bond acceptors (Lipinski definition) is 8. The molecular weight excluding hydrogens is 436 g/mol. The van der Waals surface area contributed by atoms with E-state index in [1.165, 1.54) is 16.4 Å². The first-order valence-corrected chi connectivity index (χ1v) is 12.0. The van der Waals surface area contributed by atoms with Gasteiger partial charge in [-0.3, -0.25) is 0 Å². The number of anilines is 1. The van der Waals surface area contributed by atoms with Crippen LogP contribution >= 0.6 is 0 Å². The Kier molecular flexibility index (Phi) is 9.23. The molecule has 0 bridgehead atoms. The molecule has 10 heteroatoms. The fraction of sp³-hybridized carbons (Fsp3) is 0.545. The number of carbonyl (C=O) groups is 2. The Balaban J connectivity index is 2.47. The number of para-hydroxylation sites is 1. The molecule has 0 aromatic heterocycles. The first-order valence-electron chi connectivity index (χ1n) is 10.5. The topological polar surface area (TPSA) is 122 Å². The summed E-state index contributed by atoms with van der Waals surface area (Å²) in [5.74, 6) is -1.13. The van der Waals surface area contributed by atoms with Crippen LogP contribution < -0.4 is 5.32 Å². The van der Waals surface area contributed by atoms with Crippen LogP contribution in [0.25, 0.3) is 0 Å². The zero-order valence-corrected chi connectivity index (χ0v) is 19.7. The van der Waals surface area contributed by atoms with E-state index in [4.69, 9.17) is 4.74 Å². The predicted molar refractivity (Wildman–Crippen MR) is 119 cm³/mol. The number of ether oxygens (including phenoxy) is 2. The van der Waals surface area contributed by atoms with Gasteiger partial charge < -0.3 is 19.9 Å². The third-order valence-corrected chi connectivity index (χ3v) is 7.43. The number of carbonyl (C=O) groups excluding carboxylic acids is 2. The van der Waals surface area contributed by atoms with Gasteiger partial charge in [0.25, 0.3) is 0 Å². The third kappa shape index (κ3) is 6.54.